The normalized spacial score (nSPS) is 10.8. The Kier molecular flexibility index (Phi) is 3.28. The summed E-state index contributed by atoms with van der Waals surface area (Å²) in [6, 6.07) is 10.5. The lowest BCUT2D eigenvalue weighted by Gasteiger charge is -2.10. The Bertz CT molecular complexity index is 567. The standard InChI is InChI=1S/C16H18O/c1-4-12-7-6-8-14-10-15(11(3)17)13(5-2)9-16(12)14/h6-10H,4-5H2,1-3H3. The van der Waals surface area contributed by atoms with Crippen molar-refractivity contribution in [1.82, 2.24) is 0 Å². The van der Waals surface area contributed by atoms with E-state index in [-0.39, 0.29) is 5.78 Å². The first-order valence-corrected chi connectivity index (χ1v) is 6.22. The Morgan fingerprint density at radius 1 is 1.06 bits per heavy atom. The third-order valence-corrected chi connectivity index (χ3v) is 3.34. The van der Waals surface area contributed by atoms with Crippen LogP contribution in [0.2, 0.25) is 0 Å². The highest BCUT2D eigenvalue weighted by Crippen LogP contribution is 2.24. The summed E-state index contributed by atoms with van der Waals surface area (Å²) in [5.74, 6) is 0.158. The Morgan fingerprint density at radius 2 is 1.76 bits per heavy atom. The van der Waals surface area contributed by atoms with Crippen molar-refractivity contribution in [1.29, 1.82) is 0 Å². The monoisotopic (exact) mass is 226 g/mol. The van der Waals surface area contributed by atoms with E-state index >= 15 is 0 Å². The maximum atomic E-state index is 11.6. The molecule has 0 N–H and O–H groups in total. The lowest BCUT2D eigenvalue weighted by Crippen LogP contribution is -1.99. The molecule has 0 saturated carbocycles. The van der Waals surface area contributed by atoms with Gasteiger partial charge in [0.05, 0.1) is 0 Å². The van der Waals surface area contributed by atoms with Crippen molar-refractivity contribution in [2.75, 3.05) is 0 Å². The minimum Gasteiger partial charge on any atom is -0.295 e. The van der Waals surface area contributed by atoms with Gasteiger partial charge in [0, 0.05) is 5.56 Å². The number of hydrogen-bond acceptors (Lipinski definition) is 1. The Labute approximate surface area is 102 Å². The molecule has 1 heteroatoms. The van der Waals surface area contributed by atoms with E-state index in [1.807, 2.05) is 6.07 Å². The molecule has 0 radical (unpaired) electrons. The van der Waals surface area contributed by atoms with Crippen molar-refractivity contribution >= 4 is 16.6 Å². The lowest BCUT2D eigenvalue weighted by atomic mass is 9.94. The second-order valence-corrected chi connectivity index (χ2v) is 4.41. The maximum absolute atomic E-state index is 11.6. The molecule has 0 heterocycles. The largest absolute Gasteiger partial charge is 0.295 e. The number of ketones is 1. The predicted molar refractivity (Wildman–Crippen MR) is 72.7 cm³/mol. The van der Waals surface area contributed by atoms with Crippen LogP contribution in [0.4, 0.5) is 0 Å². The van der Waals surface area contributed by atoms with E-state index in [0.717, 1.165) is 24.0 Å². The van der Waals surface area contributed by atoms with Crippen molar-refractivity contribution in [2.45, 2.75) is 33.6 Å². The number of rotatable bonds is 3. The van der Waals surface area contributed by atoms with Crippen molar-refractivity contribution in [3.8, 4) is 0 Å². The number of carbonyl (C=O) groups excluding carboxylic acids is 1. The molecule has 0 atom stereocenters. The summed E-state index contributed by atoms with van der Waals surface area (Å²) in [4.78, 5) is 11.6. The van der Waals surface area contributed by atoms with E-state index < -0.39 is 0 Å². The topological polar surface area (TPSA) is 17.1 Å². The summed E-state index contributed by atoms with van der Waals surface area (Å²) < 4.78 is 0. The summed E-state index contributed by atoms with van der Waals surface area (Å²) in [6.45, 7) is 5.91. The first-order valence-electron chi connectivity index (χ1n) is 6.22. The SMILES string of the molecule is CCc1cc2c(CC)cccc2cc1C(C)=O. The molecule has 0 aromatic heterocycles. The number of carbonyl (C=O) groups is 1. The van der Waals surface area contributed by atoms with Crippen LogP contribution in [0.15, 0.2) is 30.3 Å². The van der Waals surface area contributed by atoms with Gasteiger partial charge in [0.25, 0.3) is 0 Å². The highest BCUT2D eigenvalue weighted by molar-refractivity contribution is 6.00. The number of aryl methyl sites for hydroxylation is 2. The molecule has 0 saturated heterocycles. The van der Waals surface area contributed by atoms with Gasteiger partial charge in [0.15, 0.2) is 5.78 Å². The van der Waals surface area contributed by atoms with E-state index in [1.54, 1.807) is 6.92 Å². The van der Waals surface area contributed by atoms with E-state index in [1.165, 1.54) is 16.3 Å². The molecule has 0 spiro atoms. The summed E-state index contributed by atoms with van der Waals surface area (Å²) in [5, 5.41) is 2.46. The highest BCUT2D eigenvalue weighted by Gasteiger charge is 2.09. The number of Topliss-reactive ketones (excluding diaryl/α,β-unsaturated/α-hetero) is 1. The van der Waals surface area contributed by atoms with Gasteiger partial charge in [-0.25, -0.2) is 0 Å². The van der Waals surface area contributed by atoms with Crippen LogP contribution in [0.3, 0.4) is 0 Å². The van der Waals surface area contributed by atoms with E-state index in [4.69, 9.17) is 0 Å². The Hall–Kier alpha value is -1.63. The summed E-state index contributed by atoms with van der Waals surface area (Å²) in [7, 11) is 0. The second kappa shape index (κ2) is 4.70. The van der Waals surface area contributed by atoms with Gasteiger partial charge in [-0.05, 0) is 47.7 Å². The molecule has 17 heavy (non-hydrogen) atoms. The molecule has 88 valence electrons. The van der Waals surface area contributed by atoms with Crippen molar-refractivity contribution in [3.63, 3.8) is 0 Å². The summed E-state index contributed by atoms with van der Waals surface area (Å²) >= 11 is 0. The molecule has 0 fully saturated rings. The van der Waals surface area contributed by atoms with Crippen LogP contribution in [0.1, 0.15) is 42.3 Å². The molecular formula is C16H18O. The zero-order chi connectivity index (χ0) is 12.4. The van der Waals surface area contributed by atoms with Crippen LogP contribution in [-0.2, 0) is 12.8 Å². The summed E-state index contributed by atoms with van der Waals surface area (Å²) in [6.07, 6.45) is 1.93. The second-order valence-electron chi connectivity index (χ2n) is 4.41. The zero-order valence-electron chi connectivity index (χ0n) is 10.7. The average Bonchev–Trinajstić information content (AvgIpc) is 2.36. The third-order valence-electron chi connectivity index (χ3n) is 3.34. The number of benzene rings is 2. The molecular weight excluding hydrogens is 208 g/mol. The van der Waals surface area contributed by atoms with Gasteiger partial charge in [0.1, 0.15) is 0 Å². The fraction of sp³-hybridized carbons (Fsp3) is 0.312. The third kappa shape index (κ3) is 2.10. The quantitative estimate of drug-likeness (QED) is 0.718. The van der Waals surface area contributed by atoms with Crippen LogP contribution >= 0.6 is 0 Å². The minimum absolute atomic E-state index is 0.158. The van der Waals surface area contributed by atoms with Crippen LogP contribution in [0, 0.1) is 0 Å². The van der Waals surface area contributed by atoms with Gasteiger partial charge in [-0.3, -0.25) is 4.79 Å². The number of hydrogen-bond donors (Lipinski definition) is 0. The average molecular weight is 226 g/mol. The molecule has 0 amide bonds. The van der Waals surface area contributed by atoms with Gasteiger partial charge in [-0.2, -0.15) is 0 Å². The van der Waals surface area contributed by atoms with Crippen LogP contribution < -0.4 is 0 Å². The van der Waals surface area contributed by atoms with Gasteiger partial charge in [-0.15, -0.1) is 0 Å². The lowest BCUT2D eigenvalue weighted by molar-refractivity contribution is 0.101. The molecule has 0 bridgehead atoms. The van der Waals surface area contributed by atoms with Crippen molar-refractivity contribution in [2.24, 2.45) is 0 Å². The van der Waals surface area contributed by atoms with E-state index in [0.29, 0.717) is 0 Å². The van der Waals surface area contributed by atoms with Crippen LogP contribution in [0.25, 0.3) is 10.8 Å². The fourth-order valence-corrected chi connectivity index (χ4v) is 2.36. The van der Waals surface area contributed by atoms with Crippen LogP contribution in [-0.4, -0.2) is 5.78 Å². The molecule has 0 aliphatic rings. The van der Waals surface area contributed by atoms with Crippen molar-refractivity contribution in [3.05, 3.63) is 47.0 Å². The maximum Gasteiger partial charge on any atom is 0.160 e. The molecule has 0 unspecified atom stereocenters. The smallest absolute Gasteiger partial charge is 0.160 e. The van der Waals surface area contributed by atoms with E-state index in [9.17, 15) is 4.79 Å². The highest BCUT2D eigenvalue weighted by atomic mass is 16.1. The molecule has 2 aromatic carbocycles. The molecule has 0 aliphatic carbocycles. The Morgan fingerprint density at radius 3 is 2.35 bits per heavy atom. The first kappa shape index (κ1) is 11.8. The molecule has 2 rings (SSSR count). The number of fused-ring (bicyclic) bond motifs is 1. The zero-order valence-corrected chi connectivity index (χ0v) is 10.7. The molecule has 2 aromatic rings. The molecule has 0 aliphatic heterocycles. The first-order chi connectivity index (χ1) is 8.17. The van der Waals surface area contributed by atoms with Gasteiger partial charge < -0.3 is 0 Å². The molecule has 1 nitrogen and oxygen atoms in total. The van der Waals surface area contributed by atoms with E-state index in [2.05, 4.69) is 38.1 Å². The minimum atomic E-state index is 0.158. The van der Waals surface area contributed by atoms with Crippen LogP contribution in [0.5, 0.6) is 0 Å². The summed E-state index contributed by atoms with van der Waals surface area (Å²) in [5.41, 5.74) is 3.38. The Balaban J connectivity index is 2.78. The van der Waals surface area contributed by atoms with Gasteiger partial charge in [0.2, 0.25) is 0 Å². The fourth-order valence-electron chi connectivity index (χ4n) is 2.36. The van der Waals surface area contributed by atoms with Crippen molar-refractivity contribution < 1.29 is 4.79 Å². The van der Waals surface area contributed by atoms with Gasteiger partial charge >= 0.3 is 0 Å². The van der Waals surface area contributed by atoms with Gasteiger partial charge in [-0.1, -0.05) is 38.1 Å². The predicted octanol–water partition coefficient (Wildman–Crippen LogP) is 4.17.